The molecule has 0 aliphatic carbocycles. The van der Waals surface area contributed by atoms with Crippen molar-refractivity contribution in [1.82, 2.24) is 10.6 Å². The van der Waals surface area contributed by atoms with E-state index in [4.69, 9.17) is 21.1 Å². The number of amides is 1. The van der Waals surface area contributed by atoms with Crippen molar-refractivity contribution in [2.45, 2.75) is 13.0 Å². The fourth-order valence-corrected chi connectivity index (χ4v) is 2.37. The van der Waals surface area contributed by atoms with Crippen LogP contribution < -0.4 is 20.1 Å². The van der Waals surface area contributed by atoms with Gasteiger partial charge in [-0.1, -0.05) is 29.8 Å². The van der Waals surface area contributed by atoms with Gasteiger partial charge in [-0.05, 0) is 35.9 Å². The van der Waals surface area contributed by atoms with E-state index in [9.17, 15) is 4.79 Å². The molecule has 0 bridgehead atoms. The number of hydrogen-bond donors (Lipinski definition) is 2. The van der Waals surface area contributed by atoms with Crippen LogP contribution in [0.3, 0.4) is 0 Å². The lowest BCUT2D eigenvalue weighted by molar-refractivity contribution is -0.121. The van der Waals surface area contributed by atoms with Gasteiger partial charge in [-0.25, -0.2) is 0 Å². The molecule has 0 atom stereocenters. The van der Waals surface area contributed by atoms with E-state index in [1.807, 2.05) is 48.5 Å². The van der Waals surface area contributed by atoms with E-state index in [0.29, 0.717) is 37.7 Å². The molecule has 0 fully saturated rings. The van der Waals surface area contributed by atoms with Crippen LogP contribution in [0.15, 0.2) is 48.5 Å². The lowest BCUT2D eigenvalue weighted by Gasteiger charge is -2.09. The maximum atomic E-state index is 11.8. The summed E-state index contributed by atoms with van der Waals surface area (Å²) in [6.45, 7) is 2.25. The lowest BCUT2D eigenvalue weighted by atomic mass is 10.2. The van der Waals surface area contributed by atoms with Crippen LogP contribution >= 0.6 is 11.6 Å². The van der Waals surface area contributed by atoms with Crippen molar-refractivity contribution < 1.29 is 14.3 Å². The van der Waals surface area contributed by atoms with Gasteiger partial charge in [0.25, 0.3) is 0 Å². The van der Waals surface area contributed by atoms with Gasteiger partial charge in [-0.2, -0.15) is 0 Å². The third-order valence-corrected chi connectivity index (χ3v) is 3.94. The second-order valence-corrected chi connectivity index (χ2v) is 5.80. The number of carbonyl (C=O) groups excluding carboxylic acids is 1. The Hall–Kier alpha value is -2.24. The SMILES string of the molecule is COc1ccc(OCCNCCC(=O)NCc2ccccc2Cl)cc1. The molecule has 2 aromatic carbocycles. The molecule has 0 heterocycles. The van der Waals surface area contributed by atoms with Gasteiger partial charge in [0.2, 0.25) is 5.91 Å². The van der Waals surface area contributed by atoms with Crippen LogP contribution in [0.2, 0.25) is 5.02 Å². The molecule has 2 aromatic rings. The maximum absolute atomic E-state index is 11.8. The van der Waals surface area contributed by atoms with E-state index in [0.717, 1.165) is 17.1 Å². The van der Waals surface area contributed by atoms with Crippen LogP contribution in [-0.2, 0) is 11.3 Å². The summed E-state index contributed by atoms with van der Waals surface area (Å²) in [6.07, 6.45) is 0.410. The zero-order valence-corrected chi connectivity index (χ0v) is 15.0. The molecule has 1 amide bonds. The number of methoxy groups -OCH3 is 1. The van der Waals surface area contributed by atoms with Crippen molar-refractivity contribution in [3.63, 3.8) is 0 Å². The van der Waals surface area contributed by atoms with Crippen molar-refractivity contribution in [1.29, 1.82) is 0 Å². The van der Waals surface area contributed by atoms with Gasteiger partial charge in [0.15, 0.2) is 0 Å². The molecule has 0 saturated heterocycles. The van der Waals surface area contributed by atoms with Crippen LogP contribution in [-0.4, -0.2) is 32.7 Å². The van der Waals surface area contributed by atoms with Crippen molar-refractivity contribution in [2.24, 2.45) is 0 Å². The van der Waals surface area contributed by atoms with Crippen molar-refractivity contribution in [3.8, 4) is 11.5 Å². The first-order valence-electron chi connectivity index (χ1n) is 8.16. The Kier molecular flexibility index (Phi) is 8.09. The predicted octanol–water partition coefficient (Wildman–Crippen LogP) is 3.02. The van der Waals surface area contributed by atoms with Gasteiger partial charge < -0.3 is 20.1 Å². The Morgan fingerprint density at radius 3 is 2.48 bits per heavy atom. The first-order valence-corrected chi connectivity index (χ1v) is 8.54. The van der Waals surface area contributed by atoms with E-state index < -0.39 is 0 Å². The fraction of sp³-hybridized carbons (Fsp3) is 0.316. The maximum Gasteiger partial charge on any atom is 0.221 e. The van der Waals surface area contributed by atoms with Gasteiger partial charge in [-0.3, -0.25) is 4.79 Å². The smallest absolute Gasteiger partial charge is 0.221 e. The van der Waals surface area contributed by atoms with Gasteiger partial charge in [0.05, 0.1) is 7.11 Å². The number of carbonyl (C=O) groups is 1. The molecule has 134 valence electrons. The molecule has 25 heavy (non-hydrogen) atoms. The average Bonchev–Trinajstić information content (AvgIpc) is 2.64. The van der Waals surface area contributed by atoms with Crippen molar-refractivity contribution in [2.75, 3.05) is 26.8 Å². The molecule has 0 saturated carbocycles. The highest BCUT2D eigenvalue weighted by molar-refractivity contribution is 6.31. The minimum atomic E-state index is -0.0107. The summed E-state index contributed by atoms with van der Waals surface area (Å²) in [7, 11) is 1.63. The molecular formula is C19H23ClN2O3. The number of ether oxygens (including phenoxy) is 2. The van der Waals surface area contributed by atoms with E-state index in [2.05, 4.69) is 10.6 Å². The van der Waals surface area contributed by atoms with Crippen molar-refractivity contribution in [3.05, 3.63) is 59.1 Å². The zero-order valence-electron chi connectivity index (χ0n) is 14.3. The molecule has 0 unspecified atom stereocenters. The number of hydrogen-bond acceptors (Lipinski definition) is 4. The summed E-state index contributed by atoms with van der Waals surface area (Å²) in [5.74, 6) is 1.58. The lowest BCUT2D eigenvalue weighted by Crippen LogP contribution is -2.29. The quantitative estimate of drug-likeness (QED) is 0.638. The van der Waals surface area contributed by atoms with Crippen LogP contribution in [0.1, 0.15) is 12.0 Å². The number of halogens is 1. The first kappa shape index (κ1) is 19.1. The minimum Gasteiger partial charge on any atom is -0.497 e. The van der Waals surface area contributed by atoms with Crippen LogP contribution in [0, 0.1) is 0 Å². The Morgan fingerprint density at radius 1 is 1.04 bits per heavy atom. The fourth-order valence-electron chi connectivity index (χ4n) is 2.16. The second kappa shape index (κ2) is 10.6. The van der Waals surface area contributed by atoms with Gasteiger partial charge in [0.1, 0.15) is 18.1 Å². The molecule has 5 nitrogen and oxygen atoms in total. The molecule has 0 aliphatic rings. The first-order chi connectivity index (χ1) is 12.2. The number of nitrogens with one attached hydrogen (secondary N) is 2. The van der Waals surface area contributed by atoms with Crippen molar-refractivity contribution >= 4 is 17.5 Å². The minimum absolute atomic E-state index is 0.0107. The molecule has 2 rings (SSSR count). The number of rotatable bonds is 10. The normalized spacial score (nSPS) is 10.3. The topological polar surface area (TPSA) is 59.6 Å². The van der Waals surface area contributed by atoms with Gasteiger partial charge in [-0.15, -0.1) is 0 Å². The summed E-state index contributed by atoms with van der Waals surface area (Å²) in [4.78, 5) is 11.8. The predicted molar refractivity (Wildman–Crippen MR) is 99.3 cm³/mol. The Bertz CT molecular complexity index is 662. The largest absolute Gasteiger partial charge is 0.497 e. The zero-order chi connectivity index (χ0) is 17.9. The van der Waals surface area contributed by atoms with Crippen LogP contribution in [0.5, 0.6) is 11.5 Å². The van der Waals surface area contributed by atoms with E-state index in [-0.39, 0.29) is 5.91 Å². The molecule has 0 aromatic heterocycles. The van der Waals surface area contributed by atoms with E-state index >= 15 is 0 Å². The van der Waals surface area contributed by atoms with E-state index in [1.54, 1.807) is 7.11 Å². The average molecular weight is 363 g/mol. The Morgan fingerprint density at radius 2 is 1.76 bits per heavy atom. The van der Waals surface area contributed by atoms with Gasteiger partial charge in [0, 0.05) is 31.1 Å². The summed E-state index contributed by atoms with van der Waals surface area (Å²) in [6, 6.07) is 14.9. The standard InChI is InChI=1S/C19H23ClN2O3/c1-24-16-6-8-17(9-7-16)25-13-12-21-11-10-19(23)22-14-15-4-2-3-5-18(15)20/h2-9,21H,10-14H2,1H3,(H,22,23). The summed E-state index contributed by atoms with van der Waals surface area (Å²) in [5.41, 5.74) is 0.915. The summed E-state index contributed by atoms with van der Waals surface area (Å²) in [5, 5.41) is 6.71. The summed E-state index contributed by atoms with van der Waals surface area (Å²) < 4.78 is 10.7. The third-order valence-electron chi connectivity index (χ3n) is 3.57. The third kappa shape index (κ3) is 7.03. The highest BCUT2D eigenvalue weighted by atomic mass is 35.5. The molecule has 0 radical (unpaired) electrons. The highest BCUT2D eigenvalue weighted by Crippen LogP contribution is 2.16. The number of benzene rings is 2. The molecule has 2 N–H and O–H groups in total. The molecule has 6 heteroatoms. The monoisotopic (exact) mass is 362 g/mol. The highest BCUT2D eigenvalue weighted by Gasteiger charge is 2.03. The van der Waals surface area contributed by atoms with E-state index in [1.165, 1.54) is 0 Å². The Balaban J connectivity index is 1.53. The molecular weight excluding hydrogens is 340 g/mol. The molecule has 0 spiro atoms. The second-order valence-electron chi connectivity index (χ2n) is 5.39. The van der Waals surface area contributed by atoms with Crippen LogP contribution in [0.25, 0.3) is 0 Å². The van der Waals surface area contributed by atoms with Gasteiger partial charge >= 0.3 is 0 Å². The molecule has 0 aliphatic heterocycles. The Labute approximate surface area is 153 Å². The van der Waals surface area contributed by atoms with Crippen LogP contribution in [0.4, 0.5) is 0 Å². The summed E-state index contributed by atoms with van der Waals surface area (Å²) >= 11 is 6.05.